The average molecular weight is 454 g/mol. The van der Waals surface area contributed by atoms with Crippen LogP contribution >= 0.6 is 0 Å². The number of aliphatic hydroxyl groups is 1. The van der Waals surface area contributed by atoms with Gasteiger partial charge in [0.1, 0.15) is 5.82 Å². The van der Waals surface area contributed by atoms with Gasteiger partial charge in [-0.05, 0) is 82.6 Å². The number of carbonyl (C=O) groups excluding carboxylic acids is 1. The van der Waals surface area contributed by atoms with Crippen LogP contribution in [0.5, 0.6) is 0 Å². The zero-order chi connectivity index (χ0) is 23.9. The van der Waals surface area contributed by atoms with Gasteiger partial charge in [0, 0.05) is 12.5 Å². The Bertz CT molecular complexity index is 976. The molecule has 4 nitrogen and oxygen atoms in total. The normalized spacial score (nSPS) is 32.1. The van der Waals surface area contributed by atoms with Crippen molar-refractivity contribution in [1.82, 2.24) is 5.32 Å². The van der Waals surface area contributed by atoms with Gasteiger partial charge in [-0.2, -0.15) is 0 Å². The first-order valence-corrected chi connectivity index (χ1v) is 12.0. The number of halogens is 1. The minimum atomic E-state index is -0.802. The molecule has 2 heterocycles. The standard InChI is InChI=1S/C28H36FNO3/c1-26(2,22-10-12-23(29)13-11-22)25(32)30-18-20-14-15-27(3)16-21(19-8-6-5-7-9-19)17-28(4,33-27)24(20)31/h5-13,20-21,24,31H,14-18H2,1-4H3,(H,30,32)/t20-,21-,24-,27-,28-/m0/s1. The van der Waals surface area contributed by atoms with Crippen LogP contribution in [0.1, 0.15) is 70.4 Å². The maximum absolute atomic E-state index is 13.3. The number of benzene rings is 2. The van der Waals surface area contributed by atoms with Gasteiger partial charge in [0.2, 0.25) is 5.91 Å². The highest BCUT2D eigenvalue weighted by atomic mass is 19.1. The molecule has 2 aromatic carbocycles. The lowest BCUT2D eigenvalue weighted by Gasteiger charge is -2.49. The average Bonchev–Trinajstić information content (AvgIpc) is 2.84. The highest BCUT2D eigenvalue weighted by Crippen LogP contribution is 2.50. The van der Waals surface area contributed by atoms with Gasteiger partial charge >= 0.3 is 0 Å². The summed E-state index contributed by atoms with van der Waals surface area (Å²) in [5.74, 6) is -0.221. The van der Waals surface area contributed by atoms with E-state index in [-0.39, 0.29) is 23.2 Å². The maximum Gasteiger partial charge on any atom is 0.230 e. The number of amides is 1. The van der Waals surface area contributed by atoms with E-state index in [4.69, 9.17) is 4.74 Å². The number of carbonyl (C=O) groups is 1. The number of ether oxygens (including phenoxy) is 1. The van der Waals surface area contributed by atoms with E-state index >= 15 is 0 Å². The smallest absolute Gasteiger partial charge is 0.230 e. The minimum absolute atomic E-state index is 0.0979. The second-order valence-electron chi connectivity index (χ2n) is 11.0. The highest BCUT2D eigenvalue weighted by Gasteiger charge is 2.52. The summed E-state index contributed by atoms with van der Waals surface area (Å²) in [6, 6.07) is 16.5. The fourth-order valence-corrected chi connectivity index (χ4v) is 5.83. The predicted octanol–water partition coefficient (Wildman–Crippen LogP) is 5.10. The third-order valence-electron chi connectivity index (χ3n) is 7.85. The molecule has 0 aliphatic carbocycles. The van der Waals surface area contributed by atoms with Gasteiger partial charge in [-0.3, -0.25) is 4.79 Å². The Morgan fingerprint density at radius 2 is 1.79 bits per heavy atom. The van der Waals surface area contributed by atoms with Gasteiger partial charge in [0.15, 0.2) is 0 Å². The van der Waals surface area contributed by atoms with Crippen molar-refractivity contribution in [2.45, 2.75) is 82.0 Å². The molecular formula is C28H36FNO3. The van der Waals surface area contributed by atoms with Crippen molar-refractivity contribution in [3.63, 3.8) is 0 Å². The van der Waals surface area contributed by atoms with E-state index in [2.05, 4.69) is 36.5 Å². The van der Waals surface area contributed by atoms with Crippen LogP contribution in [0.2, 0.25) is 0 Å². The molecule has 2 bridgehead atoms. The molecule has 4 rings (SSSR count). The van der Waals surface area contributed by atoms with Crippen molar-refractivity contribution in [1.29, 1.82) is 0 Å². The number of fused-ring (bicyclic) bond motifs is 2. The van der Waals surface area contributed by atoms with E-state index in [0.717, 1.165) is 31.2 Å². The summed E-state index contributed by atoms with van der Waals surface area (Å²) in [7, 11) is 0. The van der Waals surface area contributed by atoms with Crippen molar-refractivity contribution >= 4 is 5.91 Å². The molecule has 2 fully saturated rings. The molecule has 0 unspecified atom stereocenters. The lowest BCUT2D eigenvalue weighted by atomic mass is 9.74. The Balaban J connectivity index is 1.48. The molecule has 2 aromatic rings. The second kappa shape index (κ2) is 8.84. The van der Waals surface area contributed by atoms with Crippen LogP contribution in [0.25, 0.3) is 0 Å². The van der Waals surface area contributed by atoms with Gasteiger partial charge in [-0.25, -0.2) is 4.39 Å². The second-order valence-corrected chi connectivity index (χ2v) is 11.0. The fraction of sp³-hybridized carbons (Fsp3) is 0.536. The van der Waals surface area contributed by atoms with E-state index < -0.39 is 17.1 Å². The number of hydrogen-bond donors (Lipinski definition) is 2. The Morgan fingerprint density at radius 1 is 1.12 bits per heavy atom. The first-order chi connectivity index (χ1) is 15.5. The molecule has 0 saturated carbocycles. The van der Waals surface area contributed by atoms with Crippen LogP contribution in [0.4, 0.5) is 4.39 Å². The molecule has 2 aliphatic heterocycles. The summed E-state index contributed by atoms with van der Waals surface area (Å²) in [6.07, 6.45) is 2.62. The van der Waals surface area contributed by atoms with Crippen molar-refractivity contribution in [3.05, 3.63) is 71.5 Å². The maximum atomic E-state index is 13.3. The van der Waals surface area contributed by atoms with E-state index in [9.17, 15) is 14.3 Å². The topological polar surface area (TPSA) is 58.6 Å². The van der Waals surface area contributed by atoms with Crippen molar-refractivity contribution in [2.24, 2.45) is 5.92 Å². The van der Waals surface area contributed by atoms with Crippen molar-refractivity contribution in [3.8, 4) is 0 Å². The molecule has 0 radical (unpaired) electrons. The Labute approximate surface area is 196 Å². The first kappa shape index (κ1) is 23.9. The van der Waals surface area contributed by atoms with E-state index in [1.54, 1.807) is 12.1 Å². The molecule has 5 heteroatoms. The quantitative estimate of drug-likeness (QED) is 0.662. The highest BCUT2D eigenvalue weighted by molar-refractivity contribution is 5.87. The fourth-order valence-electron chi connectivity index (χ4n) is 5.83. The molecular weight excluding hydrogens is 417 g/mol. The molecule has 33 heavy (non-hydrogen) atoms. The van der Waals surface area contributed by atoms with Gasteiger partial charge < -0.3 is 15.2 Å². The lowest BCUT2D eigenvalue weighted by Crippen LogP contribution is -2.55. The molecule has 2 N–H and O–H groups in total. The Morgan fingerprint density at radius 3 is 2.45 bits per heavy atom. The van der Waals surface area contributed by atoms with Crippen LogP contribution in [0, 0.1) is 11.7 Å². The van der Waals surface area contributed by atoms with Gasteiger partial charge in [-0.1, -0.05) is 42.5 Å². The van der Waals surface area contributed by atoms with Crippen LogP contribution in [-0.2, 0) is 14.9 Å². The predicted molar refractivity (Wildman–Crippen MR) is 127 cm³/mol. The third-order valence-corrected chi connectivity index (χ3v) is 7.85. The molecule has 2 saturated heterocycles. The number of rotatable bonds is 5. The van der Waals surface area contributed by atoms with E-state index in [1.807, 2.05) is 26.8 Å². The number of hydrogen-bond acceptors (Lipinski definition) is 3. The SMILES string of the molecule is CC(C)(C(=O)NC[C@@H]1CC[C@@]2(C)C[C@H](c3ccccc3)C[C@](C)(O2)[C@H]1O)c1ccc(F)cc1. The Hall–Kier alpha value is -2.24. The zero-order valence-electron chi connectivity index (χ0n) is 20.1. The van der Waals surface area contributed by atoms with Gasteiger partial charge in [0.25, 0.3) is 0 Å². The summed E-state index contributed by atoms with van der Waals surface area (Å²) >= 11 is 0. The summed E-state index contributed by atoms with van der Waals surface area (Å²) < 4.78 is 19.9. The molecule has 1 amide bonds. The molecule has 2 aliphatic rings. The third kappa shape index (κ3) is 4.85. The van der Waals surface area contributed by atoms with Crippen molar-refractivity contribution in [2.75, 3.05) is 6.54 Å². The van der Waals surface area contributed by atoms with Crippen LogP contribution in [-0.4, -0.2) is 34.9 Å². The monoisotopic (exact) mass is 453 g/mol. The van der Waals surface area contributed by atoms with Crippen molar-refractivity contribution < 1.29 is 19.0 Å². The lowest BCUT2D eigenvalue weighted by molar-refractivity contribution is -0.215. The summed E-state index contributed by atoms with van der Waals surface area (Å²) in [5, 5.41) is 14.5. The van der Waals surface area contributed by atoms with Crippen LogP contribution < -0.4 is 5.32 Å². The summed E-state index contributed by atoms with van der Waals surface area (Å²) in [5.41, 5.74) is 0.266. The Kier molecular flexibility index (Phi) is 6.41. The number of aliphatic hydroxyl groups excluding tert-OH is 1. The summed E-state index contributed by atoms with van der Waals surface area (Å²) in [6.45, 7) is 8.24. The molecule has 5 atom stereocenters. The van der Waals surface area contributed by atoms with Crippen LogP contribution in [0.3, 0.4) is 0 Å². The first-order valence-electron chi connectivity index (χ1n) is 12.0. The largest absolute Gasteiger partial charge is 0.390 e. The van der Waals surface area contributed by atoms with Gasteiger partial charge in [-0.15, -0.1) is 0 Å². The minimum Gasteiger partial charge on any atom is -0.390 e. The van der Waals surface area contributed by atoms with E-state index in [1.165, 1.54) is 17.7 Å². The molecule has 0 aromatic heterocycles. The van der Waals surface area contributed by atoms with Crippen LogP contribution in [0.15, 0.2) is 54.6 Å². The van der Waals surface area contributed by atoms with Gasteiger partial charge in [0.05, 0.1) is 22.7 Å². The molecule has 0 spiro atoms. The zero-order valence-corrected chi connectivity index (χ0v) is 20.1. The summed E-state index contributed by atoms with van der Waals surface area (Å²) in [4.78, 5) is 13.1. The molecule has 178 valence electrons. The number of nitrogens with one attached hydrogen (secondary N) is 1. The van der Waals surface area contributed by atoms with E-state index in [0.29, 0.717) is 12.5 Å².